The maximum absolute atomic E-state index is 12.5. The van der Waals surface area contributed by atoms with E-state index in [1.807, 2.05) is 6.08 Å². The molecule has 0 radical (unpaired) electrons. The van der Waals surface area contributed by atoms with Crippen molar-refractivity contribution in [1.29, 1.82) is 0 Å². The Balaban J connectivity index is 3.33. The van der Waals surface area contributed by atoms with Crippen LogP contribution >= 0.6 is 0 Å². The average molecular weight is 1060 g/mol. The van der Waals surface area contributed by atoms with E-state index in [1.54, 1.807) is 6.08 Å². The zero-order valence-electron chi connectivity index (χ0n) is 51.1. The summed E-state index contributed by atoms with van der Waals surface area (Å²) >= 11 is 0. The third-order valence-corrected chi connectivity index (χ3v) is 16.3. The molecule has 3 N–H and O–H groups in total. The molecule has 0 aliphatic heterocycles. The topological polar surface area (TPSA) is 95.9 Å². The van der Waals surface area contributed by atoms with E-state index in [2.05, 4.69) is 19.2 Å². The van der Waals surface area contributed by atoms with Gasteiger partial charge in [0.1, 0.15) is 0 Å². The van der Waals surface area contributed by atoms with Crippen molar-refractivity contribution >= 4 is 11.9 Å². The molecule has 0 aromatic carbocycles. The van der Waals surface area contributed by atoms with Gasteiger partial charge in [-0.05, 0) is 32.1 Å². The largest absolute Gasteiger partial charge is 0.466 e. The van der Waals surface area contributed by atoms with Crippen molar-refractivity contribution in [2.75, 3.05) is 13.2 Å². The summed E-state index contributed by atoms with van der Waals surface area (Å²) in [4.78, 5) is 24.5. The molecule has 75 heavy (non-hydrogen) atoms. The van der Waals surface area contributed by atoms with Crippen molar-refractivity contribution in [2.45, 2.75) is 405 Å². The SMILES string of the molecule is CCCCCCCCCCCCCCC/C=C/C(O)C(CO)NC(=O)CCCCCCCCCCCCCCCCCCCCCCCCCCCCCCCCCOC(=O)CCCCCCCCCCCCCC. The van der Waals surface area contributed by atoms with Gasteiger partial charge in [0.25, 0.3) is 0 Å². The summed E-state index contributed by atoms with van der Waals surface area (Å²) in [6.45, 7) is 4.94. The van der Waals surface area contributed by atoms with Gasteiger partial charge in [-0.2, -0.15) is 0 Å². The lowest BCUT2D eigenvalue weighted by molar-refractivity contribution is -0.143. The number of allylic oxidation sites excluding steroid dienone is 1. The van der Waals surface area contributed by atoms with Crippen molar-refractivity contribution in [3.8, 4) is 0 Å². The van der Waals surface area contributed by atoms with E-state index in [9.17, 15) is 19.8 Å². The molecule has 1 amide bonds. The van der Waals surface area contributed by atoms with Crippen LogP contribution in [-0.4, -0.2) is 47.4 Å². The van der Waals surface area contributed by atoms with E-state index in [0.717, 1.165) is 38.5 Å². The Morgan fingerprint density at radius 2 is 0.613 bits per heavy atom. The Morgan fingerprint density at radius 3 is 0.907 bits per heavy atom. The summed E-state index contributed by atoms with van der Waals surface area (Å²) < 4.78 is 5.48. The Kier molecular flexibility index (Phi) is 63.9. The molecule has 0 fully saturated rings. The maximum atomic E-state index is 12.5. The van der Waals surface area contributed by atoms with Crippen molar-refractivity contribution in [3.63, 3.8) is 0 Å². The van der Waals surface area contributed by atoms with Crippen LogP contribution in [0.5, 0.6) is 0 Å². The molecule has 0 rings (SSSR count). The zero-order chi connectivity index (χ0) is 54.3. The first-order chi connectivity index (χ1) is 37.0. The highest BCUT2D eigenvalue weighted by molar-refractivity contribution is 5.76. The van der Waals surface area contributed by atoms with E-state index >= 15 is 0 Å². The van der Waals surface area contributed by atoms with Crippen LogP contribution in [0.4, 0.5) is 0 Å². The predicted molar refractivity (Wildman–Crippen MR) is 329 cm³/mol. The van der Waals surface area contributed by atoms with Crippen LogP contribution in [-0.2, 0) is 14.3 Å². The highest BCUT2D eigenvalue weighted by atomic mass is 16.5. The fourth-order valence-corrected chi connectivity index (χ4v) is 11.1. The molecule has 0 heterocycles. The summed E-state index contributed by atoms with van der Waals surface area (Å²) in [7, 11) is 0. The molecular formula is C69H135NO5. The number of carbonyl (C=O) groups excluding carboxylic acids is 2. The number of nitrogens with one attached hydrogen (secondary N) is 1. The Hall–Kier alpha value is -1.40. The summed E-state index contributed by atoms with van der Waals surface area (Å²) in [5.74, 6) is -0.0391. The van der Waals surface area contributed by atoms with Gasteiger partial charge in [0.05, 0.1) is 25.4 Å². The molecule has 6 nitrogen and oxygen atoms in total. The summed E-state index contributed by atoms with van der Waals surface area (Å²) in [5, 5.41) is 23.2. The summed E-state index contributed by atoms with van der Waals surface area (Å²) in [5.41, 5.74) is 0. The van der Waals surface area contributed by atoms with E-state index in [4.69, 9.17) is 4.74 Å². The number of unbranched alkanes of at least 4 members (excludes halogenated alkanes) is 54. The first-order valence-corrected chi connectivity index (χ1v) is 34.5. The van der Waals surface area contributed by atoms with Crippen molar-refractivity contribution in [1.82, 2.24) is 5.32 Å². The van der Waals surface area contributed by atoms with Crippen molar-refractivity contribution < 1.29 is 24.5 Å². The second-order valence-corrected chi connectivity index (χ2v) is 23.9. The molecule has 0 saturated heterocycles. The molecule has 2 unspecified atom stereocenters. The molecule has 0 aliphatic carbocycles. The number of esters is 1. The number of carbonyl (C=O) groups is 2. The average Bonchev–Trinajstić information content (AvgIpc) is 3.41. The normalized spacial score (nSPS) is 12.5. The molecule has 0 saturated carbocycles. The zero-order valence-corrected chi connectivity index (χ0v) is 51.1. The fraction of sp³-hybridized carbons (Fsp3) is 0.942. The monoisotopic (exact) mass is 1060 g/mol. The molecule has 0 spiro atoms. The van der Waals surface area contributed by atoms with Crippen molar-refractivity contribution in [3.05, 3.63) is 12.2 Å². The van der Waals surface area contributed by atoms with Crippen LogP contribution in [0.1, 0.15) is 393 Å². The fourth-order valence-electron chi connectivity index (χ4n) is 11.1. The highest BCUT2D eigenvalue weighted by Gasteiger charge is 2.18. The van der Waals surface area contributed by atoms with Crippen LogP contribution in [0.2, 0.25) is 0 Å². The molecule has 0 bridgehead atoms. The van der Waals surface area contributed by atoms with Gasteiger partial charge in [0.15, 0.2) is 0 Å². The summed E-state index contributed by atoms with van der Waals surface area (Å²) in [6, 6.07) is -0.623. The number of ether oxygens (including phenoxy) is 1. The lowest BCUT2D eigenvalue weighted by Crippen LogP contribution is -2.45. The molecule has 0 aromatic rings. The number of rotatable bonds is 65. The first-order valence-electron chi connectivity index (χ1n) is 34.5. The minimum Gasteiger partial charge on any atom is -0.466 e. The molecule has 6 heteroatoms. The predicted octanol–water partition coefficient (Wildman–Crippen LogP) is 22.0. The first kappa shape index (κ1) is 73.6. The van der Waals surface area contributed by atoms with E-state index in [-0.39, 0.29) is 18.5 Å². The maximum Gasteiger partial charge on any atom is 0.305 e. The van der Waals surface area contributed by atoms with Crippen molar-refractivity contribution in [2.24, 2.45) is 0 Å². The number of amides is 1. The molecule has 446 valence electrons. The highest BCUT2D eigenvalue weighted by Crippen LogP contribution is 2.19. The van der Waals surface area contributed by atoms with Gasteiger partial charge < -0.3 is 20.3 Å². The van der Waals surface area contributed by atoms with Gasteiger partial charge in [-0.15, -0.1) is 0 Å². The van der Waals surface area contributed by atoms with Crippen LogP contribution in [0, 0.1) is 0 Å². The van der Waals surface area contributed by atoms with Gasteiger partial charge in [0, 0.05) is 12.8 Å². The Morgan fingerprint density at radius 1 is 0.360 bits per heavy atom. The van der Waals surface area contributed by atoms with Crippen LogP contribution in [0.25, 0.3) is 0 Å². The molecular weight excluding hydrogens is 923 g/mol. The van der Waals surface area contributed by atoms with Gasteiger partial charge >= 0.3 is 5.97 Å². The summed E-state index contributed by atoms with van der Waals surface area (Å²) in [6.07, 6.45) is 80.1. The number of hydrogen-bond donors (Lipinski definition) is 3. The van der Waals surface area contributed by atoms with Crippen LogP contribution in [0.15, 0.2) is 12.2 Å². The quantitative estimate of drug-likeness (QED) is 0.0320. The smallest absolute Gasteiger partial charge is 0.305 e. The lowest BCUT2D eigenvalue weighted by atomic mass is 10.0. The third-order valence-electron chi connectivity index (χ3n) is 16.3. The molecule has 2 atom stereocenters. The number of hydrogen-bond acceptors (Lipinski definition) is 5. The van der Waals surface area contributed by atoms with E-state index in [0.29, 0.717) is 19.4 Å². The number of aliphatic hydroxyl groups excluding tert-OH is 2. The minimum atomic E-state index is -0.840. The van der Waals surface area contributed by atoms with Gasteiger partial charge in [-0.3, -0.25) is 9.59 Å². The van der Waals surface area contributed by atoms with E-state index < -0.39 is 12.1 Å². The molecule has 0 aliphatic rings. The van der Waals surface area contributed by atoms with Crippen LogP contribution < -0.4 is 5.32 Å². The third kappa shape index (κ3) is 61.7. The van der Waals surface area contributed by atoms with Gasteiger partial charge in [-0.25, -0.2) is 0 Å². The van der Waals surface area contributed by atoms with Gasteiger partial charge in [0.2, 0.25) is 5.91 Å². The second kappa shape index (κ2) is 65.1. The van der Waals surface area contributed by atoms with Crippen LogP contribution in [0.3, 0.4) is 0 Å². The standard InChI is InChI=1S/C69H135NO5/c1-3-5-7-9-11-13-15-17-35-38-41-45-49-53-57-61-67(72)66(65-71)70-68(73)62-58-54-50-46-42-39-36-33-31-29-27-25-23-21-19-18-20-22-24-26-28-30-32-34-37-40-44-48-52-56-60-64-75-69(74)63-59-55-51-47-43-16-14-12-10-8-6-4-2/h57,61,66-67,71-72H,3-56,58-60,62-65H2,1-2H3,(H,70,73)/b61-57+. The second-order valence-electron chi connectivity index (χ2n) is 23.9. The molecule has 0 aromatic heterocycles. The minimum absolute atomic E-state index is 0.0218. The number of aliphatic hydroxyl groups is 2. The lowest BCUT2D eigenvalue weighted by Gasteiger charge is -2.20. The Labute approximate surface area is 469 Å². The Bertz CT molecular complexity index is 1130. The van der Waals surface area contributed by atoms with E-state index in [1.165, 1.54) is 327 Å². The van der Waals surface area contributed by atoms with Gasteiger partial charge in [-0.1, -0.05) is 360 Å².